The van der Waals surface area contributed by atoms with Crippen LogP contribution in [-0.2, 0) is 4.79 Å². The summed E-state index contributed by atoms with van der Waals surface area (Å²) in [7, 11) is 0. The highest BCUT2D eigenvalue weighted by Crippen LogP contribution is 2.33. The summed E-state index contributed by atoms with van der Waals surface area (Å²) in [4.78, 5) is 34.5. The Hall–Kier alpha value is -3.46. The van der Waals surface area contributed by atoms with Gasteiger partial charge in [-0.25, -0.2) is 9.67 Å². The molecule has 3 aromatic heterocycles. The van der Waals surface area contributed by atoms with Crippen LogP contribution in [0.5, 0.6) is 0 Å². The molecule has 1 N–H and O–H groups in total. The normalized spacial score (nSPS) is 15.2. The number of aromatic nitrogens is 5. The maximum absolute atomic E-state index is 13.3. The van der Waals surface area contributed by atoms with Gasteiger partial charge in [0.1, 0.15) is 5.39 Å². The van der Waals surface area contributed by atoms with Gasteiger partial charge in [0.2, 0.25) is 5.91 Å². The summed E-state index contributed by atoms with van der Waals surface area (Å²) >= 11 is 1.48. The van der Waals surface area contributed by atoms with Crippen LogP contribution >= 0.6 is 11.8 Å². The lowest BCUT2D eigenvalue weighted by atomic mass is 10.1. The molecule has 0 saturated carbocycles. The van der Waals surface area contributed by atoms with Gasteiger partial charge in [0.25, 0.3) is 5.56 Å². The number of thioether (sulfide) groups is 1. The molecule has 0 bridgehead atoms. The molecule has 0 fully saturated rings. The Morgan fingerprint density at radius 1 is 1.23 bits per heavy atom. The third kappa shape index (κ3) is 3.50. The predicted octanol–water partition coefficient (Wildman–Crippen LogP) is 3.27. The average molecular weight is 433 g/mol. The van der Waals surface area contributed by atoms with Gasteiger partial charge in [-0.3, -0.25) is 19.1 Å². The van der Waals surface area contributed by atoms with E-state index in [-0.39, 0.29) is 23.9 Å². The molecule has 8 nitrogen and oxygen atoms in total. The van der Waals surface area contributed by atoms with Gasteiger partial charge in [0.05, 0.1) is 29.8 Å². The number of aryl methyl sites for hydroxylation is 2. The van der Waals surface area contributed by atoms with Crippen LogP contribution in [0.2, 0.25) is 0 Å². The fourth-order valence-electron chi connectivity index (χ4n) is 3.69. The van der Waals surface area contributed by atoms with Crippen molar-refractivity contribution >= 4 is 34.4 Å². The molecular formula is C22H20N6O2S. The summed E-state index contributed by atoms with van der Waals surface area (Å²) in [5.74, 6) is 0.455. The minimum Gasteiger partial charge on any atom is -0.325 e. The first-order valence-electron chi connectivity index (χ1n) is 9.92. The van der Waals surface area contributed by atoms with Crippen molar-refractivity contribution in [2.45, 2.75) is 31.5 Å². The zero-order valence-electron chi connectivity index (χ0n) is 17.1. The highest BCUT2D eigenvalue weighted by molar-refractivity contribution is 7.99. The molecule has 1 amide bonds. The molecule has 4 aromatic rings. The van der Waals surface area contributed by atoms with E-state index in [1.807, 2.05) is 25.1 Å². The smallest absolute Gasteiger partial charge is 0.265 e. The number of rotatable bonds is 4. The molecule has 5 rings (SSSR count). The molecule has 1 unspecified atom stereocenters. The average Bonchev–Trinajstić information content (AvgIpc) is 3.36. The summed E-state index contributed by atoms with van der Waals surface area (Å²) in [5, 5.41) is 8.31. The lowest BCUT2D eigenvalue weighted by Gasteiger charge is -2.13. The van der Waals surface area contributed by atoms with Crippen molar-refractivity contribution in [3.63, 3.8) is 0 Å². The maximum Gasteiger partial charge on any atom is 0.265 e. The van der Waals surface area contributed by atoms with E-state index in [0.717, 1.165) is 11.3 Å². The lowest BCUT2D eigenvalue weighted by molar-refractivity contribution is -0.116. The Morgan fingerprint density at radius 3 is 2.87 bits per heavy atom. The van der Waals surface area contributed by atoms with E-state index in [2.05, 4.69) is 22.3 Å². The predicted molar refractivity (Wildman–Crippen MR) is 120 cm³/mol. The quantitative estimate of drug-likeness (QED) is 0.498. The van der Waals surface area contributed by atoms with Crippen LogP contribution in [0, 0.1) is 13.8 Å². The number of nitrogens with zero attached hydrogens (tertiary/aromatic N) is 5. The first kappa shape index (κ1) is 19.5. The molecule has 0 aliphatic carbocycles. The number of pyridine rings is 1. The number of hydrogen-bond donors (Lipinski definition) is 1. The van der Waals surface area contributed by atoms with Gasteiger partial charge in [-0.1, -0.05) is 17.8 Å². The van der Waals surface area contributed by atoms with Crippen molar-refractivity contribution in [3.8, 4) is 5.69 Å². The van der Waals surface area contributed by atoms with Crippen molar-refractivity contribution < 1.29 is 4.79 Å². The molecule has 0 spiro atoms. The molecule has 1 aromatic carbocycles. The molecule has 1 aliphatic rings. The number of nitrogens with one attached hydrogen (secondary N) is 1. The minimum absolute atomic E-state index is 0.163. The second-order valence-corrected chi connectivity index (χ2v) is 8.58. The van der Waals surface area contributed by atoms with Crippen molar-refractivity contribution in [2.75, 3.05) is 11.1 Å². The van der Waals surface area contributed by atoms with Crippen LogP contribution in [0.3, 0.4) is 0 Å². The topological polar surface area (TPSA) is 94.7 Å². The first-order valence-corrected chi connectivity index (χ1v) is 10.9. The number of carbonyl (C=O) groups excluding carboxylic acids is 1. The van der Waals surface area contributed by atoms with E-state index in [1.54, 1.807) is 40.0 Å². The fourth-order valence-corrected chi connectivity index (χ4v) is 4.82. The van der Waals surface area contributed by atoms with Gasteiger partial charge in [-0.2, -0.15) is 5.10 Å². The maximum atomic E-state index is 13.3. The third-order valence-electron chi connectivity index (χ3n) is 5.47. The molecule has 9 heteroatoms. The Bertz CT molecular complexity index is 1360. The molecule has 1 atom stereocenters. The first-order chi connectivity index (χ1) is 15.0. The monoisotopic (exact) mass is 432 g/mol. The van der Waals surface area contributed by atoms with E-state index < -0.39 is 0 Å². The van der Waals surface area contributed by atoms with E-state index in [0.29, 0.717) is 27.6 Å². The lowest BCUT2D eigenvalue weighted by Crippen LogP contribution is -2.27. The Kier molecular flexibility index (Phi) is 4.82. The van der Waals surface area contributed by atoms with Crippen LogP contribution in [-0.4, -0.2) is 36.0 Å². The van der Waals surface area contributed by atoms with Crippen LogP contribution in [0.15, 0.2) is 58.9 Å². The van der Waals surface area contributed by atoms with Gasteiger partial charge in [0.15, 0.2) is 10.8 Å². The van der Waals surface area contributed by atoms with E-state index in [1.165, 1.54) is 17.3 Å². The van der Waals surface area contributed by atoms with Crippen LogP contribution in [0.25, 0.3) is 16.7 Å². The van der Waals surface area contributed by atoms with Crippen LogP contribution < -0.4 is 10.9 Å². The summed E-state index contributed by atoms with van der Waals surface area (Å²) in [5.41, 5.74) is 4.20. The van der Waals surface area contributed by atoms with E-state index in [9.17, 15) is 9.59 Å². The second-order valence-electron chi connectivity index (χ2n) is 7.59. The molecule has 1 aliphatic heterocycles. The molecule has 156 valence electrons. The van der Waals surface area contributed by atoms with Gasteiger partial charge in [-0.05, 0) is 49.2 Å². The van der Waals surface area contributed by atoms with Crippen molar-refractivity contribution in [3.05, 3.63) is 70.4 Å². The number of benzene rings is 1. The fraction of sp³-hybridized carbons (Fsp3) is 0.227. The molecule has 0 radical (unpaired) electrons. The van der Waals surface area contributed by atoms with Crippen molar-refractivity contribution in [2.24, 2.45) is 0 Å². The number of carbonyl (C=O) groups is 1. The highest BCUT2D eigenvalue weighted by atomic mass is 32.2. The Labute approximate surface area is 182 Å². The number of fused-ring (bicyclic) bond motifs is 2. The van der Waals surface area contributed by atoms with Crippen molar-refractivity contribution in [1.82, 2.24) is 24.3 Å². The van der Waals surface area contributed by atoms with Crippen molar-refractivity contribution in [1.29, 1.82) is 0 Å². The molecular weight excluding hydrogens is 412 g/mol. The molecule has 31 heavy (non-hydrogen) atoms. The zero-order chi connectivity index (χ0) is 21.5. The Balaban J connectivity index is 1.47. The number of anilines is 1. The largest absolute Gasteiger partial charge is 0.325 e. The summed E-state index contributed by atoms with van der Waals surface area (Å²) < 4.78 is 3.33. The number of amides is 1. The number of hydrogen-bond acceptors (Lipinski definition) is 6. The van der Waals surface area contributed by atoms with Gasteiger partial charge < -0.3 is 5.32 Å². The summed E-state index contributed by atoms with van der Waals surface area (Å²) in [6.45, 7) is 4.10. The summed E-state index contributed by atoms with van der Waals surface area (Å²) in [6.07, 6.45) is 4.98. The van der Waals surface area contributed by atoms with Gasteiger partial charge >= 0.3 is 0 Å². The van der Waals surface area contributed by atoms with E-state index in [4.69, 9.17) is 4.98 Å². The SMILES string of the molecule is Cc1ccc(-n2ncc3c(=O)n4c(nc32)SCC4CC(=O)Nc2cccnc2)cc1C. The molecule has 0 saturated heterocycles. The zero-order valence-corrected chi connectivity index (χ0v) is 17.9. The third-order valence-corrected chi connectivity index (χ3v) is 6.57. The Morgan fingerprint density at radius 2 is 2.10 bits per heavy atom. The second kappa shape index (κ2) is 7.66. The standard InChI is InChI=1S/C22H20N6O2S/c1-13-5-6-16(8-14(13)2)28-20-18(11-24-28)21(30)27-17(12-31-22(27)26-20)9-19(29)25-15-4-3-7-23-10-15/h3-8,10-11,17H,9,12H2,1-2H3,(H,25,29). The molecule has 4 heterocycles. The minimum atomic E-state index is -0.258. The summed E-state index contributed by atoms with van der Waals surface area (Å²) in [6, 6.07) is 9.32. The van der Waals surface area contributed by atoms with Gasteiger partial charge in [-0.15, -0.1) is 0 Å². The van der Waals surface area contributed by atoms with Crippen LogP contribution in [0.1, 0.15) is 23.6 Å². The van der Waals surface area contributed by atoms with Crippen LogP contribution in [0.4, 0.5) is 5.69 Å². The van der Waals surface area contributed by atoms with Gasteiger partial charge in [0, 0.05) is 18.4 Å². The van der Waals surface area contributed by atoms with E-state index >= 15 is 0 Å². The highest BCUT2D eigenvalue weighted by Gasteiger charge is 2.29.